The number of hydrogen-bond donors (Lipinski definition) is 2. The van der Waals surface area contributed by atoms with Crippen LogP contribution in [0.15, 0.2) is 24.4 Å². The van der Waals surface area contributed by atoms with Gasteiger partial charge in [-0.05, 0) is 43.2 Å². The van der Waals surface area contributed by atoms with Gasteiger partial charge in [-0.3, -0.25) is 9.78 Å². The molecule has 1 aromatic carbocycles. The number of aliphatic hydroxyl groups excluding tert-OH is 1. The van der Waals surface area contributed by atoms with E-state index in [1.165, 1.54) is 0 Å². The fourth-order valence-electron chi connectivity index (χ4n) is 4.00. The van der Waals surface area contributed by atoms with E-state index in [0.29, 0.717) is 23.0 Å². The van der Waals surface area contributed by atoms with Crippen LogP contribution in [-0.2, 0) is 11.2 Å². The average Bonchev–Trinajstić information content (AvgIpc) is 3.05. The lowest BCUT2D eigenvalue weighted by molar-refractivity contribution is -0.136. The molecule has 0 bridgehead atoms. The molecule has 0 saturated carbocycles. The maximum atomic E-state index is 12.2. The first kappa shape index (κ1) is 18.3. The number of fused-ring (bicyclic) bond motifs is 3. The molecule has 0 fully saturated rings. The van der Waals surface area contributed by atoms with E-state index in [-0.39, 0.29) is 11.9 Å². The number of aliphatic hydroxyl groups is 1. The van der Waals surface area contributed by atoms with Crippen LogP contribution in [0.5, 0.6) is 0 Å². The van der Waals surface area contributed by atoms with Crippen LogP contribution >= 0.6 is 23.2 Å². The molecular weight excluding hydrogens is 385 g/mol. The molecule has 0 spiro atoms. The van der Waals surface area contributed by atoms with Crippen molar-refractivity contribution in [1.29, 1.82) is 0 Å². The van der Waals surface area contributed by atoms with Crippen LogP contribution in [0.2, 0.25) is 10.0 Å². The van der Waals surface area contributed by atoms with Crippen LogP contribution in [-0.4, -0.2) is 39.0 Å². The Morgan fingerprint density at radius 3 is 2.89 bits per heavy atom. The van der Waals surface area contributed by atoms with Gasteiger partial charge in [0.15, 0.2) is 0 Å². The zero-order chi connectivity index (χ0) is 19.3. The van der Waals surface area contributed by atoms with Crippen LogP contribution in [0.4, 0.5) is 0 Å². The molecule has 27 heavy (non-hydrogen) atoms. The third-order valence-electron chi connectivity index (χ3n) is 5.24. The molecule has 5 nitrogen and oxygen atoms in total. The first-order chi connectivity index (χ1) is 12.9. The number of benzene rings is 1. The highest BCUT2D eigenvalue weighted by Gasteiger charge is 2.32. The predicted molar refractivity (Wildman–Crippen MR) is 107 cm³/mol. The molecule has 0 radical (unpaired) electrons. The van der Waals surface area contributed by atoms with Crippen molar-refractivity contribution in [3.63, 3.8) is 0 Å². The standard InChI is InChI=1S/C20H19Cl2N3O2/c1-10-7-12(3-5-23-10)13-8-14(21)19(22)20-18(13)17-11(2)25(16(27)9-26)6-4-15(17)24-20/h3,5,7-8,11,24,26H,4,6,9H2,1-2H3/t11-/m0/s1. The second-order valence-electron chi connectivity index (χ2n) is 6.84. The summed E-state index contributed by atoms with van der Waals surface area (Å²) in [6.07, 6.45) is 2.44. The van der Waals surface area contributed by atoms with Gasteiger partial charge in [-0.15, -0.1) is 0 Å². The van der Waals surface area contributed by atoms with Gasteiger partial charge in [0.05, 0.1) is 21.6 Å². The van der Waals surface area contributed by atoms with Crippen molar-refractivity contribution < 1.29 is 9.90 Å². The van der Waals surface area contributed by atoms with Crippen LogP contribution < -0.4 is 0 Å². The summed E-state index contributed by atoms with van der Waals surface area (Å²) < 4.78 is 0. The summed E-state index contributed by atoms with van der Waals surface area (Å²) in [7, 11) is 0. The first-order valence-corrected chi connectivity index (χ1v) is 9.53. The number of rotatable bonds is 2. The topological polar surface area (TPSA) is 69.2 Å². The van der Waals surface area contributed by atoms with Gasteiger partial charge in [-0.25, -0.2) is 0 Å². The molecule has 2 aromatic heterocycles. The summed E-state index contributed by atoms with van der Waals surface area (Å²) in [5, 5.41) is 11.2. The van der Waals surface area contributed by atoms with Crippen molar-refractivity contribution >= 4 is 40.0 Å². The van der Waals surface area contributed by atoms with Crippen molar-refractivity contribution in [2.75, 3.05) is 13.2 Å². The maximum absolute atomic E-state index is 12.2. The summed E-state index contributed by atoms with van der Waals surface area (Å²) in [4.78, 5) is 21.6. The molecule has 0 aliphatic carbocycles. The molecule has 1 aliphatic heterocycles. The molecule has 1 amide bonds. The molecule has 4 rings (SSSR count). The SMILES string of the molecule is Cc1cc(-c2cc(Cl)c(Cl)c3[nH]c4c(c23)[C@H](C)N(C(=O)CO)CC4)ccn1. The second-order valence-corrected chi connectivity index (χ2v) is 7.63. The van der Waals surface area contributed by atoms with Gasteiger partial charge in [-0.1, -0.05) is 23.2 Å². The van der Waals surface area contributed by atoms with E-state index in [2.05, 4.69) is 9.97 Å². The number of pyridine rings is 1. The fraction of sp³-hybridized carbons (Fsp3) is 0.300. The number of carbonyl (C=O) groups is 1. The van der Waals surface area contributed by atoms with Crippen LogP contribution in [0, 0.1) is 6.92 Å². The molecule has 2 N–H and O–H groups in total. The Labute approximate surface area is 166 Å². The van der Waals surface area contributed by atoms with Gasteiger partial charge in [0.25, 0.3) is 0 Å². The lowest BCUT2D eigenvalue weighted by Gasteiger charge is -2.33. The number of nitrogens with zero attached hydrogens (tertiary/aromatic N) is 2. The highest BCUT2D eigenvalue weighted by atomic mass is 35.5. The quantitative estimate of drug-likeness (QED) is 0.670. The Bertz CT molecular complexity index is 1060. The van der Waals surface area contributed by atoms with Crippen LogP contribution in [0.3, 0.4) is 0 Å². The highest BCUT2D eigenvalue weighted by Crippen LogP contribution is 2.45. The number of aromatic amines is 1. The smallest absolute Gasteiger partial charge is 0.248 e. The Morgan fingerprint density at radius 1 is 1.41 bits per heavy atom. The molecule has 1 atom stereocenters. The molecule has 3 aromatic rings. The molecule has 0 unspecified atom stereocenters. The summed E-state index contributed by atoms with van der Waals surface area (Å²) >= 11 is 12.9. The monoisotopic (exact) mass is 403 g/mol. The van der Waals surface area contributed by atoms with Gasteiger partial charge in [0, 0.05) is 41.5 Å². The van der Waals surface area contributed by atoms with E-state index >= 15 is 0 Å². The minimum absolute atomic E-state index is 0.180. The number of carbonyl (C=O) groups excluding carboxylic acids is 1. The number of aryl methyl sites for hydroxylation is 1. The fourth-order valence-corrected chi connectivity index (χ4v) is 4.40. The molecule has 1 aliphatic rings. The Kier molecular flexibility index (Phi) is 4.62. The Hall–Kier alpha value is -2.08. The molecule has 0 saturated heterocycles. The van der Waals surface area contributed by atoms with Crippen molar-refractivity contribution in [3.05, 3.63) is 51.4 Å². The van der Waals surface area contributed by atoms with Crippen molar-refractivity contribution in [2.45, 2.75) is 26.3 Å². The molecular formula is C20H19Cl2N3O2. The predicted octanol–water partition coefficient (Wildman–Crippen LogP) is 4.28. The molecule has 140 valence electrons. The van der Waals surface area contributed by atoms with E-state index in [9.17, 15) is 9.90 Å². The van der Waals surface area contributed by atoms with Gasteiger partial charge < -0.3 is 15.0 Å². The minimum atomic E-state index is -0.495. The highest BCUT2D eigenvalue weighted by molar-refractivity contribution is 6.45. The van der Waals surface area contributed by atoms with E-state index in [4.69, 9.17) is 23.2 Å². The lowest BCUT2D eigenvalue weighted by Crippen LogP contribution is -2.40. The summed E-state index contributed by atoms with van der Waals surface area (Å²) in [6, 6.07) is 5.63. The Balaban J connectivity index is 2.02. The summed E-state index contributed by atoms with van der Waals surface area (Å²) in [5.41, 5.74) is 5.71. The average molecular weight is 404 g/mol. The van der Waals surface area contributed by atoms with Crippen LogP contribution in [0.25, 0.3) is 22.0 Å². The zero-order valence-electron chi connectivity index (χ0n) is 15.0. The van der Waals surface area contributed by atoms with Gasteiger partial charge in [-0.2, -0.15) is 0 Å². The number of aromatic nitrogens is 2. The minimum Gasteiger partial charge on any atom is -0.387 e. The Morgan fingerprint density at radius 2 is 2.19 bits per heavy atom. The largest absolute Gasteiger partial charge is 0.387 e. The van der Waals surface area contributed by atoms with Crippen molar-refractivity contribution in [1.82, 2.24) is 14.9 Å². The number of nitrogens with one attached hydrogen (secondary N) is 1. The van der Waals surface area contributed by atoms with E-state index in [1.807, 2.05) is 32.0 Å². The number of H-pyrrole nitrogens is 1. The molecule has 7 heteroatoms. The number of halogens is 2. The maximum Gasteiger partial charge on any atom is 0.248 e. The number of amides is 1. The summed E-state index contributed by atoms with van der Waals surface area (Å²) in [6.45, 7) is 3.97. The first-order valence-electron chi connectivity index (χ1n) is 8.78. The summed E-state index contributed by atoms with van der Waals surface area (Å²) in [5.74, 6) is -0.274. The van der Waals surface area contributed by atoms with E-state index in [0.717, 1.165) is 39.0 Å². The van der Waals surface area contributed by atoms with Crippen LogP contribution in [0.1, 0.15) is 29.9 Å². The lowest BCUT2D eigenvalue weighted by atomic mass is 9.92. The third-order valence-corrected chi connectivity index (χ3v) is 6.03. The van der Waals surface area contributed by atoms with Gasteiger partial charge >= 0.3 is 0 Å². The normalized spacial score (nSPS) is 16.6. The molecule has 3 heterocycles. The van der Waals surface area contributed by atoms with Crippen molar-refractivity contribution in [3.8, 4) is 11.1 Å². The van der Waals surface area contributed by atoms with Gasteiger partial charge in [0.1, 0.15) is 6.61 Å². The zero-order valence-corrected chi connectivity index (χ0v) is 16.5. The van der Waals surface area contributed by atoms with E-state index < -0.39 is 6.61 Å². The number of hydrogen-bond acceptors (Lipinski definition) is 3. The second kappa shape index (κ2) is 6.82. The van der Waals surface area contributed by atoms with E-state index in [1.54, 1.807) is 11.1 Å². The van der Waals surface area contributed by atoms with Gasteiger partial charge in [0.2, 0.25) is 5.91 Å². The third kappa shape index (κ3) is 2.90. The van der Waals surface area contributed by atoms with Crippen molar-refractivity contribution in [2.24, 2.45) is 0 Å².